The molecule has 1 aliphatic rings. The molecule has 1 aliphatic heterocycles. The van der Waals surface area contributed by atoms with Gasteiger partial charge in [-0.1, -0.05) is 24.3 Å². The average Bonchev–Trinajstić information content (AvgIpc) is 2.79. The van der Waals surface area contributed by atoms with Crippen LogP contribution in [-0.4, -0.2) is 33.8 Å². The molecule has 1 aromatic heterocycles. The Bertz CT molecular complexity index is 952. The van der Waals surface area contributed by atoms with Gasteiger partial charge in [0.05, 0.1) is 11.0 Å². The Morgan fingerprint density at radius 2 is 2.07 bits per heavy atom. The van der Waals surface area contributed by atoms with Crippen LogP contribution in [0.1, 0.15) is 23.7 Å². The molecule has 0 aliphatic carbocycles. The summed E-state index contributed by atoms with van der Waals surface area (Å²) in [5, 5.41) is 13.5. The van der Waals surface area contributed by atoms with Crippen LogP contribution in [-0.2, 0) is 6.42 Å². The quantitative estimate of drug-likeness (QED) is 0.461. The highest BCUT2D eigenvalue weighted by Gasteiger charge is 2.20. The number of aromatic nitrogens is 1. The third-order valence-electron chi connectivity index (χ3n) is 5.15. The van der Waals surface area contributed by atoms with E-state index in [2.05, 4.69) is 28.5 Å². The minimum Gasteiger partial charge on any atom is -0.489 e. The number of nitrogens with zero attached hydrogens (tertiary/aromatic N) is 1. The van der Waals surface area contributed by atoms with Crippen LogP contribution in [0.4, 0.5) is 0 Å². The van der Waals surface area contributed by atoms with Gasteiger partial charge in [0.15, 0.2) is 0 Å². The van der Waals surface area contributed by atoms with Crippen LogP contribution in [0.25, 0.3) is 11.1 Å². The van der Waals surface area contributed by atoms with Crippen molar-refractivity contribution in [3.8, 4) is 16.9 Å². The molecular formula is C23H25N2O3S+. The first-order chi connectivity index (χ1) is 14.2. The lowest BCUT2D eigenvalue weighted by molar-refractivity contribution is 0.146. The molecule has 4 rings (SSSR count). The van der Waals surface area contributed by atoms with Crippen LogP contribution in [0.2, 0.25) is 0 Å². The minimum atomic E-state index is -0.570. The molecule has 6 heteroatoms. The molecule has 0 saturated heterocycles. The first-order valence-corrected chi connectivity index (χ1v) is 10.6. The van der Waals surface area contributed by atoms with E-state index in [1.54, 1.807) is 12.4 Å². The van der Waals surface area contributed by atoms with Gasteiger partial charge in [-0.3, -0.25) is 4.98 Å². The summed E-state index contributed by atoms with van der Waals surface area (Å²) in [6.45, 7) is 1.17. The van der Waals surface area contributed by atoms with Crippen LogP contribution in [0.5, 0.6) is 5.75 Å². The van der Waals surface area contributed by atoms with Crippen LogP contribution in [0.15, 0.2) is 71.9 Å². The SMILES string of the molecule is O[C@@H](CNC[C@H]1CCc2cc(-c3cccc(S[OH2+])c3)ccc2O1)c1cccnc1. The smallest absolute Gasteiger partial charge is 0.223 e. The summed E-state index contributed by atoms with van der Waals surface area (Å²) in [5.74, 6) is 0.936. The lowest BCUT2D eigenvalue weighted by Gasteiger charge is -2.27. The zero-order chi connectivity index (χ0) is 20.1. The predicted molar refractivity (Wildman–Crippen MR) is 116 cm³/mol. The van der Waals surface area contributed by atoms with E-state index >= 15 is 0 Å². The van der Waals surface area contributed by atoms with Crippen molar-refractivity contribution in [2.45, 2.75) is 29.9 Å². The molecule has 0 amide bonds. The fraction of sp³-hybridized carbons (Fsp3) is 0.261. The van der Waals surface area contributed by atoms with E-state index in [4.69, 9.17) is 9.29 Å². The maximum Gasteiger partial charge on any atom is 0.223 e. The van der Waals surface area contributed by atoms with Crippen molar-refractivity contribution in [3.05, 3.63) is 78.1 Å². The number of hydrogen-bond donors (Lipinski definition) is 2. The Labute approximate surface area is 175 Å². The van der Waals surface area contributed by atoms with E-state index in [0.29, 0.717) is 13.1 Å². The molecule has 4 N–H and O–H groups in total. The molecule has 3 aromatic rings. The second-order valence-corrected chi connectivity index (χ2v) is 7.87. The fourth-order valence-electron chi connectivity index (χ4n) is 3.58. The molecule has 0 spiro atoms. The van der Waals surface area contributed by atoms with E-state index in [-0.39, 0.29) is 6.10 Å². The molecular weight excluding hydrogens is 384 g/mol. The van der Waals surface area contributed by atoms with Crippen molar-refractivity contribution in [2.24, 2.45) is 0 Å². The number of aliphatic hydroxyl groups excluding tert-OH is 1. The maximum atomic E-state index is 10.2. The summed E-state index contributed by atoms with van der Waals surface area (Å²) in [6.07, 6.45) is 4.82. The van der Waals surface area contributed by atoms with Gasteiger partial charge in [0.25, 0.3) is 0 Å². The molecule has 150 valence electrons. The van der Waals surface area contributed by atoms with E-state index < -0.39 is 6.10 Å². The van der Waals surface area contributed by atoms with Gasteiger partial charge in [-0.05, 0) is 59.9 Å². The zero-order valence-corrected chi connectivity index (χ0v) is 16.9. The monoisotopic (exact) mass is 409 g/mol. The number of pyridine rings is 1. The van der Waals surface area contributed by atoms with Crippen molar-refractivity contribution in [3.63, 3.8) is 0 Å². The Morgan fingerprint density at radius 3 is 2.90 bits per heavy atom. The number of ether oxygens (including phenoxy) is 1. The highest BCUT2D eigenvalue weighted by Crippen LogP contribution is 2.33. The van der Waals surface area contributed by atoms with Gasteiger partial charge in [-0.15, -0.1) is 0 Å². The summed E-state index contributed by atoms with van der Waals surface area (Å²) in [7, 11) is 0. The minimum absolute atomic E-state index is 0.0949. The molecule has 0 bridgehead atoms. The molecule has 2 atom stereocenters. The number of aliphatic hydroxyl groups is 1. The van der Waals surface area contributed by atoms with Crippen LogP contribution >= 0.6 is 12.0 Å². The summed E-state index contributed by atoms with van der Waals surface area (Å²) < 4.78 is 13.6. The van der Waals surface area contributed by atoms with Gasteiger partial charge in [0.1, 0.15) is 11.9 Å². The molecule has 29 heavy (non-hydrogen) atoms. The Kier molecular flexibility index (Phi) is 6.46. The van der Waals surface area contributed by atoms with Gasteiger partial charge in [-0.2, -0.15) is 0 Å². The first kappa shape index (κ1) is 19.9. The van der Waals surface area contributed by atoms with E-state index in [9.17, 15) is 5.11 Å². The van der Waals surface area contributed by atoms with Crippen LogP contribution < -0.4 is 10.1 Å². The fourth-order valence-corrected chi connectivity index (χ4v) is 3.91. The average molecular weight is 410 g/mol. The largest absolute Gasteiger partial charge is 0.489 e. The lowest BCUT2D eigenvalue weighted by atomic mass is 9.97. The maximum absolute atomic E-state index is 10.2. The summed E-state index contributed by atoms with van der Waals surface area (Å²) in [6, 6.07) is 18.1. The van der Waals surface area contributed by atoms with E-state index in [1.165, 1.54) is 5.56 Å². The molecule has 0 fully saturated rings. The van der Waals surface area contributed by atoms with Gasteiger partial charge >= 0.3 is 0 Å². The second-order valence-electron chi connectivity index (χ2n) is 7.19. The number of aryl methyl sites for hydroxylation is 1. The van der Waals surface area contributed by atoms with Crippen molar-refractivity contribution in [1.82, 2.24) is 10.3 Å². The van der Waals surface area contributed by atoms with Crippen LogP contribution in [0.3, 0.4) is 0 Å². The summed E-state index contributed by atoms with van der Waals surface area (Å²) in [5.41, 5.74) is 4.31. The third kappa shape index (κ3) is 4.97. The number of fused-ring (bicyclic) bond motifs is 1. The van der Waals surface area contributed by atoms with Gasteiger partial charge in [0.2, 0.25) is 12.0 Å². The molecule has 5 nitrogen and oxygen atoms in total. The van der Waals surface area contributed by atoms with Gasteiger partial charge in [0, 0.05) is 31.0 Å². The summed E-state index contributed by atoms with van der Waals surface area (Å²) in [4.78, 5) is 4.99. The molecule has 0 saturated carbocycles. The Hall–Kier alpha value is -2.38. The van der Waals surface area contributed by atoms with Crippen molar-refractivity contribution >= 4 is 12.0 Å². The normalized spacial score (nSPS) is 16.7. The summed E-state index contributed by atoms with van der Waals surface area (Å²) >= 11 is 1.01. The Morgan fingerprint density at radius 1 is 1.17 bits per heavy atom. The molecule has 0 radical (unpaired) electrons. The highest BCUT2D eigenvalue weighted by atomic mass is 32.2. The van der Waals surface area contributed by atoms with Crippen molar-refractivity contribution in [2.75, 3.05) is 13.1 Å². The Balaban J connectivity index is 1.34. The predicted octanol–water partition coefficient (Wildman–Crippen LogP) is 3.50. The highest BCUT2D eigenvalue weighted by molar-refractivity contribution is 7.93. The van der Waals surface area contributed by atoms with Crippen molar-refractivity contribution < 1.29 is 14.4 Å². The lowest BCUT2D eigenvalue weighted by Crippen LogP contribution is -2.36. The molecule has 2 aromatic carbocycles. The van der Waals surface area contributed by atoms with Gasteiger partial charge in [-0.25, -0.2) is 0 Å². The zero-order valence-electron chi connectivity index (χ0n) is 16.0. The standard InChI is InChI=1S/C23H24N2O3S/c26-22(19-4-2-10-24-13-19)15-25-14-20-8-6-18-11-17(7-9-23(18)28-20)16-3-1-5-21(12-16)29-27/h1-5,7,9-13,20,22,25-27H,6,8,14-15H2/p+1/t20-,22+/m1/s1. The topological polar surface area (TPSA) is 77.3 Å². The number of nitrogens with one attached hydrogen (secondary N) is 1. The van der Waals surface area contributed by atoms with Crippen LogP contribution in [0, 0.1) is 0 Å². The van der Waals surface area contributed by atoms with Crippen molar-refractivity contribution in [1.29, 1.82) is 0 Å². The third-order valence-corrected chi connectivity index (χ3v) is 5.64. The first-order valence-electron chi connectivity index (χ1n) is 9.75. The van der Waals surface area contributed by atoms with Gasteiger partial charge < -0.3 is 19.7 Å². The van der Waals surface area contributed by atoms with E-state index in [0.717, 1.165) is 52.2 Å². The second kappa shape index (κ2) is 9.41. The molecule has 2 heterocycles. The number of rotatable bonds is 7. The number of hydrogen-bond acceptors (Lipinski definition) is 5. The molecule has 0 unspecified atom stereocenters. The number of benzene rings is 2. The van der Waals surface area contributed by atoms with E-state index in [1.807, 2.05) is 36.4 Å².